The Morgan fingerprint density at radius 2 is 2.00 bits per heavy atom. The molecule has 2 aromatic heterocycles. The summed E-state index contributed by atoms with van der Waals surface area (Å²) >= 11 is 0. The first-order chi connectivity index (χ1) is 14.4. The van der Waals surface area contributed by atoms with Gasteiger partial charge in [-0.05, 0) is 86.9 Å². The molecule has 2 aliphatic heterocycles. The number of pyridine rings is 1. The van der Waals surface area contributed by atoms with E-state index >= 15 is 4.39 Å². The first kappa shape index (κ1) is 19.1. The van der Waals surface area contributed by atoms with Crippen molar-refractivity contribution in [1.82, 2.24) is 20.5 Å². The molecular formula is C24H25FN4O. The average molecular weight is 404 g/mol. The van der Waals surface area contributed by atoms with E-state index in [1.165, 1.54) is 0 Å². The first-order valence-corrected chi connectivity index (χ1v) is 10.4. The SMILES string of the molecule is C[C@]12CCC[C@](C)(N1)[C@@H](F)/C(=C/c1ccc(-c3cc4ccncc4cc3O)nn1)C2. The molecule has 5 rings (SSSR count). The van der Waals surface area contributed by atoms with E-state index < -0.39 is 11.7 Å². The lowest BCUT2D eigenvalue weighted by Crippen LogP contribution is -2.66. The average Bonchev–Trinajstić information content (AvgIpc) is 2.72. The van der Waals surface area contributed by atoms with Crippen molar-refractivity contribution in [2.45, 2.75) is 56.8 Å². The topological polar surface area (TPSA) is 70.9 Å². The van der Waals surface area contributed by atoms with Gasteiger partial charge in [0.1, 0.15) is 11.9 Å². The first-order valence-electron chi connectivity index (χ1n) is 10.4. The van der Waals surface area contributed by atoms with Crippen LogP contribution in [-0.2, 0) is 0 Å². The quantitative estimate of drug-likeness (QED) is 0.641. The second-order valence-electron chi connectivity index (χ2n) is 9.15. The summed E-state index contributed by atoms with van der Waals surface area (Å²) in [5, 5.41) is 24.4. The zero-order chi connectivity index (χ0) is 20.9. The molecule has 0 saturated carbocycles. The summed E-state index contributed by atoms with van der Waals surface area (Å²) in [5.74, 6) is 0.131. The van der Waals surface area contributed by atoms with Crippen LogP contribution >= 0.6 is 0 Å². The molecule has 1 aromatic carbocycles. The molecule has 3 atom stereocenters. The van der Waals surface area contributed by atoms with Crippen molar-refractivity contribution >= 4 is 16.8 Å². The maximum atomic E-state index is 15.3. The van der Waals surface area contributed by atoms with Crippen LogP contribution in [0.2, 0.25) is 0 Å². The Bertz CT molecular complexity index is 1150. The minimum Gasteiger partial charge on any atom is -0.507 e. The van der Waals surface area contributed by atoms with Gasteiger partial charge in [-0.15, -0.1) is 5.10 Å². The van der Waals surface area contributed by atoms with Gasteiger partial charge >= 0.3 is 0 Å². The number of halogens is 1. The highest BCUT2D eigenvalue weighted by Gasteiger charge is 2.50. The van der Waals surface area contributed by atoms with Crippen molar-refractivity contribution in [3.05, 3.63) is 54.0 Å². The number of benzene rings is 1. The van der Waals surface area contributed by atoms with E-state index in [0.717, 1.165) is 35.6 Å². The van der Waals surface area contributed by atoms with Gasteiger partial charge in [0, 0.05) is 28.9 Å². The van der Waals surface area contributed by atoms with Gasteiger partial charge in [0.25, 0.3) is 0 Å². The minimum absolute atomic E-state index is 0.0689. The molecule has 2 aliphatic rings. The van der Waals surface area contributed by atoms with Crippen LogP contribution in [-0.4, -0.2) is 37.5 Å². The van der Waals surface area contributed by atoms with Crippen molar-refractivity contribution in [1.29, 1.82) is 0 Å². The molecule has 0 spiro atoms. The Balaban J connectivity index is 1.46. The number of fused-ring (bicyclic) bond motifs is 3. The fraction of sp³-hybridized carbons (Fsp3) is 0.375. The number of aromatic nitrogens is 3. The molecule has 2 fully saturated rings. The molecule has 2 N–H and O–H groups in total. The zero-order valence-electron chi connectivity index (χ0n) is 17.2. The summed E-state index contributed by atoms with van der Waals surface area (Å²) in [4.78, 5) is 4.08. The normalized spacial score (nSPS) is 30.0. The van der Waals surface area contributed by atoms with Crippen LogP contribution in [0.15, 0.2) is 48.3 Å². The molecule has 0 amide bonds. The molecule has 0 aliphatic carbocycles. The molecule has 154 valence electrons. The second kappa shape index (κ2) is 6.84. The fourth-order valence-corrected chi connectivity index (χ4v) is 5.14. The second-order valence-corrected chi connectivity index (χ2v) is 9.15. The Kier molecular flexibility index (Phi) is 4.36. The molecule has 6 heteroatoms. The van der Waals surface area contributed by atoms with Crippen molar-refractivity contribution in [3.63, 3.8) is 0 Å². The summed E-state index contributed by atoms with van der Waals surface area (Å²) in [6.45, 7) is 4.16. The van der Waals surface area contributed by atoms with Crippen LogP contribution in [0.4, 0.5) is 4.39 Å². The van der Waals surface area contributed by atoms with E-state index in [4.69, 9.17) is 0 Å². The van der Waals surface area contributed by atoms with E-state index in [1.807, 2.05) is 37.3 Å². The highest BCUT2D eigenvalue weighted by Crippen LogP contribution is 2.44. The van der Waals surface area contributed by atoms with E-state index in [2.05, 4.69) is 27.4 Å². The van der Waals surface area contributed by atoms with E-state index in [0.29, 0.717) is 23.4 Å². The Labute approximate surface area is 175 Å². The molecule has 3 aromatic rings. The number of hydrogen-bond acceptors (Lipinski definition) is 5. The van der Waals surface area contributed by atoms with Crippen molar-refractivity contribution < 1.29 is 9.50 Å². The molecule has 0 radical (unpaired) electrons. The van der Waals surface area contributed by atoms with Crippen LogP contribution in [0.1, 0.15) is 45.2 Å². The molecule has 2 bridgehead atoms. The smallest absolute Gasteiger partial charge is 0.139 e. The highest BCUT2D eigenvalue weighted by atomic mass is 19.1. The lowest BCUT2D eigenvalue weighted by molar-refractivity contribution is 0.0555. The van der Waals surface area contributed by atoms with Crippen molar-refractivity contribution in [3.8, 4) is 17.0 Å². The van der Waals surface area contributed by atoms with Crippen LogP contribution in [0.3, 0.4) is 0 Å². The summed E-state index contributed by atoms with van der Waals surface area (Å²) in [5.41, 5.74) is 2.01. The Hall–Kier alpha value is -2.86. The van der Waals surface area contributed by atoms with Crippen LogP contribution < -0.4 is 5.32 Å². The number of rotatable bonds is 2. The summed E-state index contributed by atoms with van der Waals surface area (Å²) in [6, 6.07) is 9.10. The number of phenolic OH excluding ortho intramolecular Hbond substituents is 1. The number of nitrogens with one attached hydrogen (secondary N) is 1. The van der Waals surface area contributed by atoms with E-state index in [9.17, 15) is 5.11 Å². The number of nitrogens with zero attached hydrogens (tertiary/aromatic N) is 3. The van der Waals surface area contributed by atoms with E-state index in [1.54, 1.807) is 18.5 Å². The number of hydrogen-bond donors (Lipinski definition) is 2. The van der Waals surface area contributed by atoms with Crippen LogP contribution in [0.5, 0.6) is 5.75 Å². The maximum Gasteiger partial charge on any atom is 0.139 e. The number of alkyl halides is 1. The largest absolute Gasteiger partial charge is 0.507 e. The third-order valence-corrected chi connectivity index (χ3v) is 6.54. The highest BCUT2D eigenvalue weighted by molar-refractivity contribution is 5.89. The number of aromatic hydroxyl groups is 1. The summed E-state index contributed by atoms with van der Waals surface area (Å²) < 4.78 is 15.3. The van der Waals surface area contributed by atoms with E-state index in [-0.39, 0.29) is 11.3 Å². The monoisotopic (exact) mass is 404 g/mol. The third kappa shape index (κ3) is 3.25. The van der Waals surface area contributed by atoms with Crippen LogP contribution in [0.25, 0.3) is 28.1 Å². The zero-order valence-corrected chi connectivity index (χ0v) is 17.2. The standard InChI is InChI=1S/C24H25FN4O/c1-23-7-3-8-24(2,29-23)22(25)16(13-23)10-18-4-5-20(28-27-18)19-11-15-6-9-26-14-17(15)12-21(19)30/h4-6,9-12,14,22,29-30H,3,7-8,13H2,1-2H3/b16-10+/t22-,23+,24-/m0/s1. The van der Waals surface area contributed by atoms with Gasteiger partial charge in [0.05, 0.1) is 16.9 Å². The minimum atomic E-state index is -1.04. The lowest BCUT2D eigenvalue weighted by Gasteiger charge is -2.53. The predicted molar refractivity (Wildman–Crippen MR) is 116 cm³/mol. The molecule has 30 heavy (non-hydrogen) atoms. The Morgan fingerprint density at radius 1 is 1.13 bits per heavy atom. The predicted octanol–water partition coefficient (Wildman–Crippen LogP) is 4.81. The van der Waals surface area contributed by atoms with Crippen molar-refractivity contribution in [2.24, 2.45) is 0 Å². The van der Waals surface area contributed by atoms with Gasteiger partial charge in [-0.25, -0.2) is 4.39 Å². The molecule has 0 unspecified atom stereocenters. The number of phenols is 1. The van der Waals surface area contributed by atoms with Gasteiger partial charge in [-0.1, -0.05) is 0 Å². The van der Waals surface area contributed by atoms with Gasteiger partial charge in [-0.2, -0.15) is 5.10 Å². The van der Waals surface area contributed by atoms with Gasteiger partial charge in [-0.3, -0.25) is 4.98 Å². The third-order valence-electron chi connectivity index (χ3n) is 6.54. The maximum absolute atomic E-state index is 15.3. The molecular weight excluding hydrogens is 379 g/mol. The number of piperidine rings is 2. The van der Waals surface area contributed by atoms with Crippen LogP contribution in [0, 0.1) is 0 Å². The molecule has 4 heterocycles. The lowest BCUT2D eigenvalue weighted by atomic mass is 9.68. The van der Waals surface area contributed by atoms with Gasteiger partial charge in [0.15, 0.2) is 0 Å². The van der Waals surface area contributed by atoms with Gasteiger partial charge in [0.2, 0.25) is 0 Å². The molecule has 2 saturated heterocycles. The summed E-state index contributed by atoms with van der Waals surface area (Å²) in [6.07, 6.45) is 7.84. The summed E-state index contributed by atoms with van der Waals surface area (Å²) in [7, 11) is 0. The van der Waals surface area contributed by atoms with Gasteiger partial charge < -0.3 is 10.4 Å². The molecule has 5 nitrogen and oxygen atoms in total. The van der Waals surface area contributed by atoms with Crippen molar-refractivity contribution in [2.75, 3.05) is 0 Å². The Morgan fingerprint density at radius 3 is 2.80 bits per heavy atom. The fourth-order valence-electron chi connectivity index (χ4n) is 5.14.